The fourth-order valence-corrected chi connectivity index (χ4v) is 3.66. The average molecular weight is 367 g/mol. The van der Waals surface area contributed by atoms with Crippen molar-refractivity contribution in [3.63, 3.8) is 0 Å². The van der Waals surface area contributed by atoms with E-state index in [0.717, 1.165) is 24.5 Å². The first-order chi connectivity index (χ1) is 13.0. The van der Waals surface area contributed by atoms with Gasteiger partial charge in [0.1, 0.15) is 5.82 Å². The number of nitrogens with one attached hydrogen (secondary N) is 2. The minimum absolute atomic E-state index is 0.201. The Bertz CT molecular complexity index is 885. The zero-order valence-corrected chi connectivity index (χ0v) is 15.3. The second-order valence-corrected chi connectivity index (χ2v) is 7.03. The molecule has 0 aliphatic carbocycles. The first-order valence-corrected chi connectivity index (χ1v) is 9.08. The van der Waals surface area contributed by atoms with E-state index in [4.69, 9.17) is 4.74 Å². The van der Waals surface area contributed by atoms with Crippen molar-refractivity contribution < 1.29 is 13.9 Å². The number of carbonyl (C=O) groups is 1. The Morgan fingerprint density at radius 2 is 1.85 bits per heavy atom. The summed E-state index contributed by atoms with van der Waals surface area (Å²) >= 11 is 0. The molecule has 5 nitrogen and oxygen atoms in total. The lowest BCUT2D eigenvalue weighted by Crippen LogP contribution is -2.45. The molecule has 2 aromatic carbocycles. The van der Waals surface area contributed by atoms with Crippen LogP contribution in [0.1, 0.15) is 19.4 Å². The first-order valence-electron chi connectivity index (χ1n) is 9.08. The lowest BCUT2D eigenvalue weighted by molar-refractivity contribution is -0.110. The minimum Gasteiger partial charge on any atom is -0.372 e. The Labute approximate surface area is 157 Å². The SMILES string of the molecule is CC1CN(c2ccc(NC=C3C(=O)Nc4cccc(F)c43)cc2)CC(C)O1. The van der Waals surface area contributed by atoms with Gasteiger partial charge in [-0.15, -0.1) is 0 Å². The van der Waals surface area contributed by atoms with Crippen molar-refractivity contribution in [2.75, 3.05) is 28.6 Å². The Hall–Kier alpha value is -2.86. The zero-order valence-electron chi connectivity index (χ0n) is 15.3. The first kappa shape index (κ1) is 17.5. The average Bonchev–Trinajstić information content (AvgIpc) is 2.96. The molecule has 2 aromatic rings. The maximum absolute atomic E-state index is 14.1. The van der Waals surface area contributed by atoms with Gasteiger partial charge in [-0.05, 0) is 50.2 Å². The maximum Gasteiger partial charge on any atom is 0.257 e. The third-order valence-corrected chi connectivity index (χ3v) is 4.81. The number of hydrogen-bond acceptors (Lipinski definition) is 4. The van der Waals surface area contributed by atoms with Gasteiger partial charge in [-0.3, -0.25) is 4.79 Å². The van der Waals surface area contributed by atoms with Gasteiger partial charge in [0.05, 0.1) is 23.5 Å². The molecule has 0 radical (unpaired) electrons. The normalized spacial score (nSPS) is 23.3. The monoisotopic (exact) mass is 367 g/mol. The van der Waals surface area contributed by atoms with E-state index in [2.05, 4.69) is 29.4 Å². The molecule has 0 aromatic heterocycles. The second kappa shape index (κ2) is 7.04. The summed E-state index contributed by atoms with van der Waals surface area (Å²) in [5, 5.41) is 5.78. The number of amides is 1. The van der Waals surface area contributed by atoms with Crippen LogP contribution in [0.25, 0.3) is 5.57 Å². The summed E-state index contributed by atoms with van der Waals surface area (Å²) in [5.74, 6) is -0.722. The molecule has 0 spiro atoms. The van der Waals surface area contributed by atoms with Gasteiger partial charge in [-0.1, -0.05) is 6.07 Å². The molecule has 6 heteroatoms. The lowest BCUT2D eigenvalue weighted by atomic mass is 10.1. The molecule has 2 atom stereocenters. The van der Waals surface area contributed by atoms with E-state index in [0.29, 0.717) is 16.8 Å². The molecule has 2 heterocycles. The van der Waals surface area contributed by atoms with Crippen LogP contribution in [0.4, 0.5) is 21.5 Å². The van der Waals surface area contributed by atoms with Crippen LogP contribution in [0, 0.1) is 5.82 Å². The van der Waals surface area contributed by atoms with Crippen LogP contribution in [0.3, 0.4) is 0 Å². The fourth-order valence-electron chi connectivity index (χ4n) is 3.66. The summed E-state index contributed by atoms with van der Waals surface area (Å²) in [6.07, 6.45) is 1.96. The van der Waals surface area contributed by atoms with Crippen molar-refractivity contribution in [3.8, 4) is 0 Å². The van der Waals surface area contributed by atoms with Crippen molar-refractivity contribution in [2.45, 2.75) is 26.1 Å². The Kier molecular flexibility index (Phi) is 4.58. The van der Waals surface area contributed by atoms with E-state index in [9.17, 15) is 9.18 Å². The van der Waals surface area contributed by atoms with Gasteiger partial charge >= 0.3 is 0 Å². The summed E-state index contributed by atoms with van der Waals surface area (Å²) in [7, 11) is 0. The molecule has 0 saturated carbocycles. The fraction of sp³-hybridized carbons (Fsp3) is 0.286. The van der Waals surface area contributed by atoms with Gasteiger partial charge in [0.15, 0.2) is 0 Å². The lowest BCUT2D eigenvalue weighted by Gasteiger charge is -2.36. The number of ether oxygens (including phenoxy) is 1. The van der Waals surface area contributed by atoms with E-state index >= 15 is 0 Å². The van der Waals surface area contributed by atoms with E-state index < -0.39 is 5.82 Å². The van der Waals surface area contributed by atoms with Crippen LogP contribution in [0.15, 0.2) is 48.7 Å². The van der Waals surface area contributed by atoms with E-state index in [1.54, 1.807) is 18.3 Å². The van der Waals surface area contributed by atoms with Crippen LogP contribution in [0.5, 0.6) is 0 Å². The van der Waals surface area contributed by atoms with Crippen molar-refractivity contribution in [2.24, 2.45) is 0 Å². The molecule has 2 unspecified atom stereocenters. The summed E-state index contributed by atoms with van der Waals surface area (Å²) in [5.41, 5.74) is 3.06. The van der Waals surface area contributed by atoms with Crippen LogP contribution in [0.2, 0.25) is 0 Å². The van der Waals surface area contributed by atoms with Crippen molar-refractivity contribution in [3.05, 3.63) is 60.0 Å². The predicted octanol–water partition coefficient (Wildman–Crippen LogP) is 3.84. The third kappa shape index (κ3) is 3.53. The van der Waals surface area contributed by atoms with Crippen LogP contribution < -0.4 is 15.5 Å². The number of anilines is 3. The van der Waals surface area contributed by atoms with Gasteiger partial charge in [-0.2, -0.15) is 0 Å². The van der Waals surface area contributed by atoms with Gasteiger partial charge in [0, 0.05) is 36.2 Å². The Balaban J connectivity index is 1.50. The zero-order chi connectivity index (χ0) is 19.0. The van der Waals surface area contributed by atoms with Gasteiger partial charge in [-0.25, -0.2) is 4.39 Å². The molecule has 27 heavy (non-hydrogen) atoms. The highest BCUT2D eigenvalue weighted by Gasteiger charge is 2.27. The minimum atomic E-state index is -0.412. The molecule has 1 amide bonds. The molecule has 1 fully saturated rings. The van der Waals surface area contributed by atoms with E-state index in [1.165, 1.54) is 6.07 Å². The molecule has 2 N–H and O–H groups in total. The number of carbonyl (C=O) groups excluding carboxylic acids is 1. The summed E-state index contributed by atoms with van der Waals surface area (Å²) in [6.45, 7) is 5.87. The van der Waals surface area contributed by atoms with Crippen molar-refractivity contribution in [1.82, 2.24) is 0 Å². The van der Waals surface area contributed by atoms with Gasteiger partial charge in [0.25, 0.3) is 5.91 Å². The Morgan fingerprint density at radius 1 is 1.15 bits per heavy atom. The number of benzene rings is 2. The van der Waals surface area contributed by atoms with E-state index in [1.807, 2.05) is 24.3 Å². The molecule has 4 rings (SSSR count). The molecular formula is C21H22FN3O2. The molecule has 1 saturated heterocycles. The smallest absolute Gasteiger partial charge is 0.257 e. The Morgan fingerprint density at radius 3 is 2.56 bits per heavy atom. The molecule has 2 aliphatic rings. The highest BCUT2D eigenvalue weighted by atomic mass is 19.1. The molecule has 140 valence electrons. The molecular weight excluding hydrogens is 345 g/mol. The highest BCUT2D eigenvalue weighted by molar-refractivity contribution is 6.31. The number of fused-ring (bicyclic) bond motifs is 1. The number of nitrogens with zero attached hydrogens (tertiary/aromatic N) is 1. The van der Waals surface area contributed by atoms with Crippen molar-refractivity contribution in [1.29, 1.82) is 0 Å². The number of halogens is 1. The highest BCUT2D eigenvalue weighted by Crippen LogP contribution is 2.33. The number of rotatable bonds is 3. The number of morpholine rings is 1. The summed E-state index contributed by atoms with van der Waals surface area (Å²) in [6, 6.07) is 12.6. The summed E-state index contributed by atoms with van der Waals surface area (Å²) < 4.78 is 19.9. The quantitative estimate of drug-likeness (QED) is 0.810. The van der Waals surface area contributed by atoms with E-state index in [-0.39, 0.29) is 18.1 Å². The predicted molar refractivity (Wildman–Crippen MR) is 105 cm³/mol. The van der Waals surface area contributed by atoms with Crippen LogP contribution in [-0.2, 0) is 9.53 Å². The summed E-state index contributed by atoms with van der Waals surface area (Å²) in [4.78, 5) is 14.4. The van der Waals surface area contributed by atoms with Crippen molar-refractivity contribution >= 4 is 28.5 Å². The molecule has 2 aliphatic heterocycles. The standard InChI is InChI=1S/C21H22FN3O2/c1-13-11-25(12-14(2)27-13)16-8-6-15(7-9-16)23-10-17-20-18(22)4-3-5-19(20)24-21(17)26/h3-10,13-14,23H,11-12H2,1-2H3,(H,24,26). The van der Waals surface area contributed by atoms with Crippen LogP contribution in [-0.4, -0.2) is 31.2 Å². The number of hydrogen-bond donors (Lipinski definition) is 2. The van der Waals surface area contributed by atoms with Crippen LogP contribution >= 0.6 is 0 Å². The topological polar surface area (TPSA) is 53.6 Å². The largest absolute Gasteiger partial charge is 0.372 e. The molecule has 0 bridgehead atoms. The van der Waals surface area contributed by atoms with Gasteiger partial charge in [0.2, 0.25) is 0 Å². The second-order valence-electron chi connectivity index (χ2n) is 7.03. The van der Waals surface area contributed by atoms with Gasteiger partial charge < -0.3 is 20.3 Å². The maximum atomic E-state index is 14.1. The third-order valence-electron chi connectivity index (χ3n) is 4.81.